The second-order valence-electron chi connectivity index (χ2n) is 4.27. The summed E-state index contributed by atoms with van der Waals surface area (Å²) in [5.41, 5.74) is 1.30. The van der Waals surface area contributed by atoms with Gasteiger partial charge in [-0.25, -0.2) is 9.67 Å². The lowest BCUT2D eigenvalue weighted by molar-refractivity contribution is 0.562. The van der Waals surface area contributed by atoms with Crippen LogP contribution in [0.15, 0.2) is 49.3 Å². The number of hydrogen-bond donors (Lipinski definition) is 0. The van der Waals surface area contributed by atoms with Crippen LogP contribution in [0.5, 0.6) is 0 Å². The normalized spacial score (nSPS) is 10.7. The highest BCUT2D eigenvalue weighted by Gasteiger charge is 2.05. The van der Waals surface area contributed by atoms with Gasteiger partial charge in [-0.2, -0.15) is 5.10 Å². The average Bonchev–Trinajstić information content (AvgIpc) is 3.10. The van der Waals surface area contributed by atoms with Crippen LogP contribution in [0, 0.1) is 0 Å². The molecule has 0 amide bonds. The largest absolute Gasteiger partial charge is 0.312 e. The zero-order chi connectivity index (χ0) is 12.9. The number of hydrogen-bond acceptors (Lipinski definition) is 4. The first-order chi connectivity index (χ1) is 9.42. The standard InChI is InChI=1S/C13H14N6/c1-2-4-12(5-3-1)6-7-19-13(14-9-17-19)8-18-10-15-16-11-18/h1-5,9-11H,6-8H2. The van der Waals surface area contributed by atoms with E-state index in [0.29, 0.717) is 6.54 Å². The summed E-state index contributed by atoms with van der Waals surface area (Å²) in [6.45, 7) is 1.46. The van der Waals surface area contributed by atoms with Crippen LogP contribution in [0.2, 0.25) is 0 Å². The SMILES string of the molecule is c1ccc(CCn2ncnc2Cn2cnnc2)cc1. The summed E-state index contributed by atoms with van der Waals surface area (Å²) >= 11 is 0. The van der Waals surface area contributed by atoms with E-state index < -0.39 is 0 Å². The number of nitrogens with zero attached hydrogens (tertiary/aromatic N) is 6. The van der Waals surface area contributed by atoms with Gasteiger partial charge in [-0.3, -0.25) is 0 Å². The Morgan fingerprint density at radius 3 is 2.58 bits per heavy atom. The van der Waals surface area contributed by atoms with Gasteiger partial charge in [0.1, 0.15) is 24.8 Å². The molecule has 0 aliphatic carbocycles. The number of rotatable bonds is 5. The molecule has 6 heteroatoms. The van der Waals surface area contributed by atoms with Gasteiger partial charge in [0.15, 0.2) is 0 Å². The Morgan fingerprint density at radius 2 is 1.79 bits per heavy atom. The van der Waals surface area contributed by atoms with Crippen molar-refractivity contribution in [1.82, 2.24) is 29.5 Å². The molecule has 0 radical (unpaired) electrons. The Labute approximate surface area is 110 Å². The van der Waals surface area contributed by atoms with Crippen LogP contribution in [-0.2, 0) is 19.5 Å². The maximum absolute atomic E-state index is 4.28. The number of aryl methyl sites for hydroxylation is 2. The molecule has 0 fully saturated rings. The molecule has 6 nitrogen and oxygen atoms in total. The topological polar surface area (TPSA) is 61.4 Å². The molecule has 3 rings (SSSR count). The quantitative estimate of drug-likeness (QED) is 0.685. The fourth-order valence-corrected chi connectivity index (χ4v) is 1.94. The van der Waals surface area contributed by atoms with Crippen LogP contribution >= 0.6 is 0 Å². The second-order valence-corrected chi connectivity index (χ2v) is 4.27. The van der Waals surface area contributed by atoms with Gasteiger partial charge in [0.2, 0.25) is 0 Å². The third-order valence-corrected chi connectivity index (χ3v) is 2.94. The summed E-state index contributed by atoms with van der Waals surface area (Å²) in [5, 5.41) is 11.8. The van der Waals surface area contributed by atoms with Crippen LogP contribution in [0.4, 0.5) is 0 Å². The summed E-state index contributed by atoms with van der Waals surface area (Å²) in [4.78, 5) is 4.28. The minimum Gasteiger partial charge on any atom is -0.312 e. The van der Waals surface area contributed by atoms with E-state index in [1.807, 2.05) is 15.3 Å². The predicted octanol–water partition coefficient (Wildman–Crippen LogP) is 1.16. The highest BCUT2D eigenvalue weighted by Crippen LogP contribution is 2.03. The molecule has 0 saturated carbocycles. The van der Waals surface area contributed by atoms with Gasteiger partial charge in [-0.1, -0.05) is 30.3 Å². The van der Waals surface area contributed by atoms with Crippen LogP contribution in [0.3, 0.4) is 0 Å². The van der Waals surface area contributed by atoms with E-state index in [1.54, 1.807) is 19.0 Å². The van der Waals surface area contributed by atoms with E-state index in [9.17, 15) is 0 Å². The molecule has 0 spiro atoms. The molecule has 3 aromatic rings. The minimum absolute atomic E-state index is 0.641. The lowest BCUT2D eigenvalue weighted by Crippen LogP contribution is -2.11. The number of aromatic nitrogens is 6. The van der Waals surface area contributed by atoms with Crippen molar-refractivity contribution in [3.05, 3.63) is 60.7 Å². The molecule has 2 aromatic heterocycles. The Balaban J connectivity index is 1.67. The molecule has 1 aromatic carbocycles. The van der Waals surface area contributed by atoms with E-state index in [-0.39, 0.29) is 0 Å². The Morgan fingerprint density at radius 1 is 1.00 bits per heavy atom. The first kappa shape index (κ1) is 11.6. The van der Waals surface area contributed by atoms with Gasteiger partial charge in [-0.05, 0) is 12.0 Å². The van der Waals surface area contributed by atoms with Gasteiger partial charge < -0.3 is 4.57 Å². The van der Waals surface area contributed by atoms with Crippen LogP contribution < -0.4 is 0 Å². The second kappa shape index (κ2) is 5.43. The van der Waals surface area contributed by atoms with Gasteiger partial charge in [0.05, 0.1) is 6.54 Å². The van der Waals surface area contributed by atoms with Crippen LogP contribution in [0.25, 0.3) is 0 Å². The van der Waals surface area contributed by atoms with Crippen molar-refractivity contribution in [3.63, 3.8) is 0 Å². The molecule has 19 heavy (non-hydrogen) atoms. The molecular weight excluding hydrogens is 240 g/mol. The van der Waals surface area contributed by atoms with Gasteiger partial charge >= 0.3 is 0 Å². The zero-order valence-corrected chi connectivity index (χ0v) is 10.4. The van der Waals surface area contributed by atoms with Crippen LogP contribution in [0.1, 0.15) is 11.4 Å². The van der Waals surface area contributed by atoms with E-state index in [1.165, 1.54) is 5.56 Å². The first-order valence-corrected chi connectivity index (χ1v) is 6.15. The monoisotopic (exact) mass is 254 g/mol. The maximum atomic E-state index is 4.28. The lowest BCUT2D eigenvalue weighted by Gasteiger charge is -2.06. The van der Waals surface area contributed by atoms with Crippen LogP contribution in [-0.4, -0.2) is 29.5 Å². The molecule has 0 aliphatic heterocycles. The fourth-order valence-electron chi connectivity index (χ4n) is 1.94. The Hall–Kier alpha value is -2.50. The summed E-state index contributed by atoms with van der Waals surface area (Å²) in [5.74, 6) is 0.913. The number of benzene rings is 1. The van der Waals surface area contributed by atoms with Gasteiger partial charge in [0.25, 0.3) is 0 Å². The molecule has 0 bridgehead atoms. The van der Waals surface area contributed by atoms with Crippen molar-refractivity contribution in [1.29, 1.82) is 0 Å². The molecule has 0 atom stereocenters. The first-order valence-electron chi connectivity index (χ1n) is 6.15. The minimum atomic E-state index is 0.641. The third-order valence-electron chi connectivity index (χ3n) is 2.94. The molecule has 2 heterocycles. The highest BCUT2D eigenvalue weighted by atomic mass is 15.3. The van der Waals surface area contributed by atoms with Crippen molar-refractivity contribution < 1.29 is 0 Å². The zero-order valence-electron chi connectivity index (χ0n) is 10.4. The summed E-state index contributed by atoms with van der Waals surface area (Å²) in [6.07, 6.45) is 5.89. The molecule has 96 valence electrons. The summed E-state index contributed by atoms with van der Waals surface area (Å²) < 4.78 is 3.80. The van der Waals surface area contributed by atoms with Crippen molar-refractivity contribution in [2.24, 2.45) is 0 Å². The van der Waals surface area contributed by atoms with E-state index in [0.717, 1.165) is 18.8 Å². The fraction of sp³-hybridized carbons (Fsp3) is 0.231. The Bertz CT molecular complexity index is 614. The lowest BCUT2D eigenvalue weighted by atomic mass is 10.1. The highest BCUT2D eigenvalue weighted by molar-refractivity contribution is 5.14. The van der Waals surface area contributed by atoms with E-state index in [2.05, 4.69) is 44.5 Å². The van der Waals surface area contributed by atoms with Crippen molar-refractivity contribution >= 4 is 0 Å². The van der Waals surface area contributed by atoms with Gasteiger partial charge in [-0.15, -0.1) is 10.2 Å². The van der Waals surface area contributed by atoms with Crippen molar-refractivity contribution in [2.75, 3.05) is 0 Å². The molecule has 0 aliphatic rings. The average molecular weight is 254 g/mol. The molecule has 0 saturated heterocycles. The molecule has 0 unspecified atom stereocenters. The summed E-state index contributed by atoms with van der Waals surface area (Å²) in [7, 11) is 0. The Kier molecular flexibility index (Phi) is 3.31. The maximum Gasteiger partial charge on any atom is 0.146 e. The van der Waals surface area contributed by atoms with E-state index in [4.69, 9.17) is 0 Å². The summed E-state index contributed by atoms with van der Waals surface area (Å²) in [6, 6.07) is 10.4. The van der Waals surface area contributed by atoms with E-state index >= 15 is 0 Å². The van der Waals surface area contributed by atoms with Crippen molar-refractivity contribution in [3.8, 4) is 0 Å². The molecule has 0 N–H and O–H groups in total. The third kappa shape index (κ3) is 2.85. The smallest absolute Gasteiger partial charge is 0.146 e. The van der Waals surface area contributed by atoms with Gasteiger partial charge in [0, 0.05) is 6.54 Å². The molecular formula is C13H14N6. The predicted molar refractivity (Wildman–Crippen MR) is 69.3 cm³/mol. The van der Waals surface area contributed by atoms with Crippen molar-refractivity contribution in [2.45, 2.75) is 19.5 Å².